The van der Waals surface area contributed by atoms with Crippen molar-refractivity contribution in [1.82, 2.24) is 0 Å². The van der Waals surface area contributed by atoms with Gasteiger partial charge in [-0.15, -0.1) is 0 Å². The van der Waals surface area contributed by atoms with E-state index in [0.29, 0.717) is 26.2 Å². The molecule has 0 spiro atoms. The molecule has 0 aromatic heterocycles. The Morgan fingerprint density at radius 3 is 0.667 bits per heavy atom. The molecule has 0 aromatic carbocycles. The van der Waals surface area contributed by atoms with Gasteiger partial charge in [0, 0.05) is 21.1 Å². The summed E-state index contributed by atoms with van der Waals surface area (Å²) < 4.78 is 0. The van der Waals surface area contributed by atoms with Crippen molar-refractivity contribution in [1.29, 1.82) is 0 Å². The van der Waals surface area contributed by atoms with Crippen molar-refractivity contribution in [2.45, 2.75) is 0 Å². The molecular formula is C8H36N2O10Pt+2. The van der Waals surface area contributed by atoms with Crippen LogP contribution in [0.15, 0.2) is 0 Å². The largest absolute Gasteiger partial charge is 0.412 e. The minimum absolute atomic E-state index is 0. The van der Waals surface area contributed by atoms with Crippen molar-refractivity contribution in [3.63, 3.8) is 0 Å². The number of aliphatic hydroxyl groups is 4. The van der Waals surface area contributed by atoms with Crippen molar-refractivity contribution >= 4 is 0 Å². The van der Waals surface area contributed by atoms with E-state index in [0.717, 1.165) is 0 Å². The van der Waals surface area contributed by atoms with E-state index in [1.807, 2.05) is 10.6 Å². The molecule has 21 heavy (non-hydrogen) atoms. The smallest absolute Gasteiger partial charge is 0.0991 e. The Balaban J connectivity index is -0.0000000147. The molecule has 146 valence electrons. The van der Waals surface area contributed by atoms with Crippen LogP contribution in [0.2, 0.25) is 0 Å². The summed E-state index contributed by atoms with van der Waals surface area (Å²) in [7, 11) is 0. The molecule has 0 heterocycles. The fourth-order valence-corrected chi connectivity index (χ4v) is 0.654. The molecule has 0 aromatic rings. The molecule has 0 fully saturated rings. The minimum atomic E-state index is 0. The van der Waals surface area contributed by atoms with E-state index in [1.54, 1.807) is 0 Å². The molecule has 0 aliphatic heterocycles. The van der Waals surface area contributed by atoms with Gasteiger partial charge in [0.05, 0.1) is 52.6 Å². The average Bonchev–Trinajstić information content (AvgIpc) is 2.21. The van der Waals surface area contributed by atoms with Crippen LogP contribution in [0.5, 0.6) is 0 Å². The van der Waals surface area contributed by atoms with Crippen LogP contribution >= 0.6 is 0 Å². The molecule has 0 amide bonds. The summed E-state index contributed by atoms with van der Waals surface area (Å²) in [4.78, 5) is 0. The minimum Gasteiger partial charge on any atom is -0.412 e. The van der Waals surface area contributed by atoms with Crippen molar-refractivity contribution in [3.8, 4) is 0 Å². The summed E-state index contributed by atoms with van der Waals surface area (Å²) >= 11 is 0. The third-order valence-electron chi connectivity index (χ3n) is 1.33. The van der Waals surface area contributed by atoms with Gasteiger partial charge in [-0.3, -0.25) is 0 Å². The molecule has 0 saturated heterocycles. The topological polar surface area (TPSA) is 303 Å². The van der Waals surface area contributed by atoms with Crippen LogP contribution < -0.4 is 10.6 Å². The Labute approximate surface area is 138 Å². The van der Waals surface area contributed by atoms with Gasteiger partial charge in [0.25, 0.3) is 0 Å². The van der Waals surface area contributed by atoms with Gasteiger partial charge in [-0.25, -0.2) is 0 Å². The third-order valence-corrected chi connectivity index (χ3v) is 1.33. The third kappa shape index (κ3) is 99.4. The molecular weight excluding hydrogens is 479 g/mol. The summed E-state index contributed by atoms with van der Waals surface area (Å²) in [5.41, 5.74) is 0. The number of aliphatic hydroxyl groups excluding tert-OH is 4. The molecule has 0 atom stereocenters. The number of quaternary nitrogens is 2. The molecule has 0 rings (SSSR count). The maximum Gasteiger partial charge on any atom is 0.0991 e. The quantitative estimate of drug-likeness (QED) is 0.171. The first kappa shape index (κ1) is 58.1. The molecule has 0 saturated carbocycles. The molecule has 0 aliphatic carbocycles. The van der Waals surface area contributed by atoms with Crippen LogP contribution in [0.25, 0.3) is 0 Å². The second-order valence-electron chi connectivity index (χ2n) is 2.63. The number of hydrogen-bond acceptors (Lipinski definition) is 4. The summed E-state index contributed by atoms with van der Waals surface area (Å²) in [6, 6.07) is 0. The zero-order valence-electron chi connectivity index (χ0n) is 11.9. The van der Waals surface area contributed by atoms with E-state index in [9.17, 15) is 0 Å². The molecule has 12 nitrogen and oxygen atoms in total. The molecule has 0 bridgehead atoms. The second kappa shape index (κ2) is 71.5. The Bertz CT molecular complexity index is 81.5. The van der Waals surface area contributed by atoms with Crippen molar-refractivity contribution in [2.75, 3.05) is 52.6 Å². The van der Waals surface area contributed by atoms with Crippen LogP contribution in [0.4, 0.5) is 0 Å². The first-order valence-corrected chi connectivity index (χ1v) is 4.90. The molecule has 0 unspecified atom stereocenters. The average molecular weight is 515 g/mol. The number of nitrogens with two attached hydrogens (primary N) is 2. The second-order valence-corrected chi connectivity index (χ2v) is 2.63. The van der Waals surface area contributed by atoms with Crippen LogP contribution in [0.3, 0.4) is 0 Å². The fraction of sp³-hybridized carbons (Fsp3) is 1.00. The summed E-state index contributed by atoms with van der Waals surface area (Å²) in [6.07, 6.45) is 0. The Morgan fingerprint density at radius 2 is 0.571 bits per heavy atom. The predicted molar refractivity (Wildman–Crippen MR) is 73.3 cm³/mol. The van der Waals surface area contributed by atoms with Crippen LogP contribution in [0, 0.1) is 0 Å². The van der Waals surface area contributed by atoms with Crippen molar-refractivity contribution in [2.24, 2.45) is 0 Å². The standard InChI is InChI=1S/2C4H11NO2.6H2O.Pt/c2*6-3-1-5-2-4-7;;;;;;;/h2*5-7H,1-4H2;6*1H2;/p+2. The SMILES string of the molecule is O.O.O.O.O.O.OCC[NH2+]CCO.OCC[NH2+]CCO.[Pt]. The van der Waals surface area contributed by atoms with Gasteiger partial charge in [-0.1, -0.05) is 0 Å². The van der Waals surface area contributed by atoms with Gasteiger partial charge in [0.15, 0.2) is 0 Å². The number of hydrogen-bond donors (Lipinski definition) is 6. The van der Waals surface area contributed by atoms with E-state index in [4.69, 9.17) is 20.4 Å². The van der Waals surface area contributed by atoms with E-state index < -0.39 is 0 Å². The fourth-order valence-electron chi connectivity index (χ4n) is 0.654. The van der Waals surface area contributed by atoms with Gasteiger partial charge in [0.1, 0.15) is 0 Å². The van der Waals surface area contributed by atoms with Gasteiger partial charge in [0.2, 0.25) is 0 Å². The predicted octanol–water partition coefficient (Wildman–Crippen LogP) is -9.88. The number of rotatable bonds is 8. The van der Waals surface area contributed by atoms with Crippen LogP contribution in [0.1, 0.15) is 0 Å². The first-order chi connectivity index (χ1) is 6.83. The molecule has 20 N–H and O–H groups in total. The van der Waals surface area contributed by atoms with E-state index in [-0.39, 0.29) is 80.3 Å². The van der Waals surface area contributed by atoms with Gasteiger partial charge in [-0.2, -0.15) is 0 Å². The maximum absolute atomic E-state index is 8.18. The summed E-state index contributed by atoms with van der Waals surface area (Å²) in [5.74, 6) is 0. The summed E-state index contributed by atoms with van der Waals surface area (Å²) in [5, 5.41) is 36.4. The van der Waals surface area contributed by atoms with Crippen molar-refractivity contribution in [3.05, 3.63) is 0 Å². The van der Waals surface area contributed by atoms with E-state index in [1.165, 1.54) is 0 Å². The first-order valence-electron chi connectivity index (χ1n) is 4.90. The summed E-state index contributed by atoms with van der Waals surface area (Å²) in [6.45, 7) is 3.56. The van der Waals surface area contributed by atoms with E-state index in [2.05, 4.69) is 0 Å². The molecule has 13 heteroatoms. The van der Waals surface area contributed by atoms with Gasteiger partial charge in [-0.05, 0) is 0 Å². The Hall–Kier alpha value is 0.208. The maximum atomic E-state index is 8.18. The monoisotopic (exact) mass is 515 g/mol. The zero-order chi connectivity index (χ0) is 11.1. The van der Waals surface area contributed by atoms with Crippen molar-refractivity contribution < 1.29 is 85.0 Å². The van der Waals surface area contributed by atoms with Crippen LogP contribution in [-0.2, 0) is 21.1 Å². The van der Waals surface area contributed by atoms with Gasteiger partial charge < -0.3 is 63.9 Å². The van der Waals surface area contributed by atoms with Gasteiger partial charge >= 0.3 is 0 Å². The molecule has 0 radical (unpaired) electrons. The van der Waals surface area contributed by atoms with Crippen LogP contribution in [-0.4, -0.2) is 106 Å². The normalized spacial score (nSPS) is 6.29. The Morgan fingerprint density at radius 1 is 0.429 bits per heavy atom. The van der Waals surface area contributed by atoms with E-state index >= 15 is 0 Å². The zero-order valence-corrected chi connectivity index (χ0v) is 14.2. The molecule has 0 aliphatic rings. The Kier molecular flexibility index (Phi) is 198.